The highest BCUT2D eigenvalue weighted by atomic mass is 16.2. The molecule has 0 unspecified atom stereocenters. The Morgan fingerprint density at radius 2 is 2.12 bits per heavy atom. The summed E-state index contributed by atoms with van der Waals surface area (Å²) in [4.78, 5) is 28.7. The zero-order valence-electron chi connectivity index (χ0n) is 14.0. The van der Waals surface area contributed by atoms with Crippen LogP contribution in [0.4, 0.5) is 5.82 Å². The van der Waals surface area contributed by atoms with E-state index >= 15 is 0 Å². The van der Waals surface area contributed by atoms with Crippen molar-refractivity contribution in [1.29, 1.82) is 0 Å². The van der Waals surface area contributed by atoms with E-state index in [4.69, 9.17) is 6.42 Å². The number of hydrogen-bond donors (Lipinski definition) is 2. The second-order valence-corrected chi connectivity index (χ2v) is 6.41. The van der Waals surface area contributed by atoms with Crippen molar-refractivity contribution in [3.8, 4) is 12.3 Å². The highest BCUT2D eigenvalue weighted by Gasteiger charge is 2.38. The molecule has 1 aliphatic heterocycles. The molecule has 1 saturated carbocycles. The second-order valence-electron chi connectivity index (χ2n) is 6.41. The van der Waals surface area contributed by atoms with Gasteiger partial charge in [-0.05, 0) is 25.0 Å². The molecule has 2 N–H and O–H groups in total. The van der Waals surface area contributed by atoms with E-state index in [1.165, 1.54) is 0 Å². The van der Waals surface area contributed by atoms with Gasteiger partial charge in [0.05, 0.1) is 5.56 Å². The van der Waals surface area contributed by atoms with Gasteiger partial charge in [-0.15, -0.1) is 12.3 Å². The molecule has 7 nitrogen and oxygen atoms in total. The number of aromatic nitrogens is 1. The number of carbonyl (C=O) groups is 2. The Balaban J connectivity index is 1.53. The molecule has 1 aromatic rings. The monoisotopic (exact) mass is 339 g/mol. The summed E-state index contributed by atoms with van der Waals surface area (Å²) in [6, 6.07) is 3.33. The maximum absolute atomic E-state index is 12.4. The van der Waals surface area contributed by atoms with Gasteiger partial charge in [-0.25, -0.2) is 4.98 Å². The number of amides is 2. The number of rotatable bonds is 8. The predicted octanol–water partition coefficient (Wildman–Crippen LogP) is 2.52. The smallest absolute Gasteiger partial charge is 0.255 e. The van der Waals surface area contributed by atoms with Crippen LogP contribution in [0.3, 0.4) is 0 Å². The lowest BCUT2D eigenvalue weighted by Gasteiger charge is -2.24. The van der Waals surface area contributed by atoms with E-state index in [0.717, 1.165) is 19.3 Å². The van der Waals surface area contributed by atoms with Crippen molar-refractivity contribution >= 4 is 17.6 Å². The number of hydrogen-bond acceptors (Lipinski definition) is 5. The Hall–Kier alpha value is -2.75. The van der Waals surface area contributed by atoms with Gasteiger partial charge in [-0.2, -0.15) is 10.2 Å². The van der Waals surface area contributed by atoms with Crippen LogP contribution in [0.15, 0.2) is 28.6 Å². The van der Waals surface area contributed by atoms with Crippen LogP contribution in [0.1, 0.15) is 48.9 Å². The molecule has 2 aliphatic rings. The molecule has 1 aromatic heterocycles. The first-order chi connectivity index (χ1) is 12.1. The van der Waals surface area contributed by atoms with Gasteiger partial charge in [0.15, 0.2) is 5.66 Å². The van der Waals surface area contributed by atoms with Crippen LogP contribution in [0.2, 0.25) is 0 Å². The molecule has 0 aromatic carbocycles. The van der Waals surface area contributed by atoms with Crippen molar-refractivity contribution in [3.05, 3.63) is 23.9 Å². The summed E-state index contributed by atoms with van der Waals surface area (Å²) in [5.41, 5.74) is -0.0620. The third-order valence-electron chi connectivity index (χ3n) is 4.63. The maximum Gasteiger partial charge on any atom is 0.255 e. The van der Waals surface area contributed by atoms with Crippen LogP contribution in [0.5, 0.6) is 0 Å². The zero-order chi connectivity index (χ0) is 17.7. The fraction of sp³-hybridized carbons (Fsp3) is 0.500. The van der Waals surface area contributed by atoms with Crippen molar-refractivity contribution in [1.82, 2.24) is 10.3 Å². The minimum atomic E-state index is -0.421. The number of nitrogens with zero attached hydrogens (tertiary/aromatic N) is 3. The zero-order valence-corrected chi connectivity index (χ0v) is 14.0. The van der Waals surface area contributed by atoms with Crippen LogP contribution in [0, 0.1) is 18.3 Å². The van der Waals surface area contributed by atoms with E-state index in [1.54, 1.807) is 18.3 Å². The largest absolute Gasteiger partial charge is 0.352 e. The first-order valence-corrected chi connectivity index (χ1v) is 8.55. The molecule has 0 bridgehead atoms. The third-order valence-corrected chi connectivity index (χ3v) is 4.63. The first kappa shape index (κ1) is 17.1. The van der Waals surface area contributed by atoms with Crippen molar-refractivity contribution in [2.45, 2.75) is 44.2 Å². The van der Waals surface area contributed by atoms with Crippen molar-refractivity contribution < 1.29 is 9.59 Å². The third kappa shape index (κ3) is 4.21. The molecule has 0 saturated heterocycles. The Morgan fingerprint density at radius 1 is 1.32 bits per heavy atom. The molecular weight excluding hydrogens is 318 g/mol. The molecule has 3 rings (SSSR count). The summed E-state index contributed by atoms with van der Waals surface area (Å²) in [7, 11) is 0. The highest BCUT2D eigenvalue weighted by Crippen LogP contribution is 2.36. The maximum atomic E-state index is 12.4. The number of terminal acetylenes is 1. The quantitative estimate of drug-likeness (QED) is 0.712. The van der Waals surface area contributed by atoms with Crippen LogP contribution >= 0.6 is 0 Å². The van der Waals surface area contributed by atoms with E-state index in [0.29, 0.717) is 37.2 Å². The summed E-state index contributed by atoms with van der Waals surface area (Å²) in [5.74, 6) is 2.58. The summed E-state index contributed by atoms with van der Waals surface area (Å²) in [5, 5.41) is 13.7. The molecule has 7 heteroatoms. The first-order valence-electron chi connectivity index (χ1n) is 8.55. The van der Waals surface area contributed by atoms with Crippen LogP contribution in [-0.4, -0.2) is 29.0 Å². The fourth-order valence-electron chi connectivity index (χ4n) is 2.72. The molecule has 1 aliphatic carbocycles. The van der Waals surface area contributed by atoms with E-state index < -0.39 is 5.66 Å². The van der Waals surface area contributed by atoms with Gasteiger partial charge < -0.3 is 10.6 Å². The van der Waals surface area contributed by atoms with Gasteiger partial charge in [0.2, 0.25) is 5.91 Å². The lowest BCUT2D eigenvalue weighted by molar-refractivity contribution is -0.122. The van der Waals surface area contributed by atoms with Gasteiger partial charge in [0, 0.05) is 37.9 Å². The SMILES string of the molecule is C#CCCC1(CCNC(=O)c2cccnc2NC(=O)C2CCC2)N=N1. The predicted molar refractivity (Wildman–Crippen MR) is 92.8 cm³/mol. The van der Waals surface area contributed by atoms with Crippen LogP contribution in [0.25, 0.3) is 0 Å². The molecule has 2 amide bonds. The minimum Gasteiger partial charge on any atom is -0.352 e. The summed E-state index contributed by atoms with van der Waals surface area (Å²) >= 11 is 0. The summed E-state index contributed by atoms with van der Waals surface area (Å²) in [6.07, 6.45) is 11.6. The molecule has 0 radical (unpaired) electrons. The molecular formula is C18H21N5O2. The Bertz CT molecular complexity index is 727. The van der Waals surface area contributed by atoms with Crippen molar-refractivity contribution in [3.63, 3.8) is 0 Å². The Kier molecular flexibility index (Phi) is 5.08. The van der Waals surface area contributed by atoms with Gasteiger partial charge in [-0.3, -0.25) is 9.59 Å². The second kappa shape index (κ2) is 7.43. The number of pyridine rings is 1. The summed E-state index contributed by atoms with van der Waals surface area (Å²) in [6.45, 7) is 0.432. The lowest BCUT2D eigenvalue weighted by Crippen LogP contribution is -2.31. The van der Waals surface area contributed by atoms with E-state index in [2.05, 4.69) is 31.8 Å². The molecule has 130 valence electrons. The standard InChI is InChI=1S/C18H21N5O2/c1-2-3-9-18(22-23-18)10-12-20-17(25)14-8-5-11-19-15(14)21-16(24)13-6-4-7-13/h1,5,8,11,13H,3-4,6-7,9-10,12H2,(H,20,25)(H,19,21,24). The van der Waals surface area contributed by atoms with E-state index in [9.17, 15) is 9.59 Å². The van der Waals surface area contributed by atoms with E-state index in [-0.39, 0.29) is 17.7 Å². The minimum absolute atomic E-state index is 0.0343. The normalized spacial score (nSPS) is 17.2. The topological polar surface area (TPSA) is 95.8 Å². The number of carbonyl (C=O) groups excluding carboxylic acids is 2. The van der Waals surface area contributed by atoms with Crippen molar-refractivity contribution in [2.75, 3.05) is 11.9 Å². The lowest BCUT2D eigenvalue weighted by atomic mass is 9.85. The van der Waals surface area contributed by atoms with Gasteiger partial charge in [0.25, 0.3) is 5.91 Å². The highest BCUT2D eigenvalue weighted by molar-refractivity contribution is 6.03. The molecule has 1 fully saturated rings. The average Bonchev–Trinajstić information content (AvgIpc) is 3.32. The molecule has 0 spiro atoms. The van der Waals surface area contributed by atoms with Gasteiger partial charge >= 0.3 is 0 Å². The van der Waals surface area contributed by atoms with Crippen LogP contribution < -0.4 is 10.6 Å². The fourth-order valence-corrected chi connectivity index (χ4v) is 2.72. The number of nitrogens with one attached hydrogen (secondary N) is 2. The Labute approximate surface area is 146 Å². The molecule has 25 heavy (non-hydrogen) atoms. The van der Waals surface area contributed by atoms with Crippen LogP contribution in [-0.2, 0) is 4.79 Å². The van der Waals surface area contributed by atoms with E-state index in [1.807, 2.05) is 0 Å². The molecule has 2 heterocycles. The van der Waals surface area contributed by atoms with Gasteiger partial charge in [0.1, 0.15) is 5.82 Å². The Morgan fingerprint density at radius 3 is 2.76 bits per heavy atom. The van der Waals surface area contributed by atoms with Gasteiger partial charge in [-0.1, -0.05) is 6.42 Å². The molecule has 0 atom stereocenters. The number of anilines is 1. The average molecular weight is 339 g/mol. The summed E-state index contributed by atoms with van der Waals surface area (Å²) < 4.78 is 0. The van der Waals surface area contributed by atoms with Crippen molar-refractivity contribution in [2.24, 2.45) is 16.1 Å².